The summed E-state index contributed by atoms with van der Waals surface area (Å²) in [5, 5.41) is 6.31. The topological polar surface area (TPSA) is 66.0 Å². The Bertz CT molecular complexity index is 764. The number of fused-ring (bicyclic) bond motifs is 1. The average Bonchev–Trinajstić information content (AvgIpc) is 2.96. The Morgan fingerprint density at radius 1 is 1.29 bits per heavy atom. The molecule has 5 nitrogen and oxygen atoms in total. The van der Waals surface area contributed by atoms with Crippen molar-refractivity contribution in [2.24, 2.45) is 5.73 Å². The molecule has 2 heterocycles. The SMILES string of the molecule is CC(C)n1cc(Oc2nc(CN)cc3ccccc23)cn1. The first-order valence-electron chi connectivity index (χ1n) is 6.98. The van der Waals surface area contributed by atoms with Gasteiger partial charge in [-0.05, 0) is 31.4 Å². The van der Waals surface area contributed by atoms with E-state index in [-0.39, 0.29) is 0 Å². The number of hydrogen-bond acceptors (Lipinski definition) is 4. The molecule has 0 bridgehead atoms. The molecule has 0 spiro atoms. The summed E-state index contributed by atoms with van der Waals surface area (Å²) < 4.78 is 7.77. The van der Waals surface area contributed by atoms with Crippen LogP contribution in [0.2, 0.25) is 0 Å². The summed E-state index contributed by atoms with van der Waals surface area (Å²) in [5.74, 6) is 1.24. The van der Waals surface area contributed by atoms with E-state index in [1.807, 2.05) is 41.2 Å². The minimum atomic E-state index is 0.294. The summed E-state index contributed by atoms with van der Waals surface area (Å²) in [4.78, 5) is 4.48. The predicted molar refractivity (Wildman–Crippen MR) is 82.3 cm³/mol. The number of nitrogens with two attached hydrogens (primary N) is 1. The van der Waals surface area contributed by atoms with E-state index in [2.05, 4.69) is 23.9 Å². The first-order valence-corrected chi connectivity index (χ1v) is 6.98. The smallest absolute Gasteiger partial charge is 0.227 e. The fourth-order valence-corrected chi connectivity index (χ4v) is 2.17. The van der Waals surface area contributed by atoms with E-state index < -0.39 is 0 Å². The molecule has 5 heteroatoms. The first-order chi connectivity index (χ1) is 10.2. The fraction of sp³-hybridized carbons (Fsp3) is 0.250. The van der Waals surface area contributed by atoms with Crippen molar-refractivity contribution in [1.82, 2.24) is 14.8 Å². The molecule has 0 aliphatic heterocycles. The second-order valence-corrected chi connectivity index (χ2v) is 5.20. The van der Waals surface area contributed by atoms with Crippen LogP contribution in [0.1, 0.15) is 25.6 Å². The maximum atomic E-state index is 5.91. The van der Waals surface area contributed by atoms with Gasteiger partial charge < -0.3 is 10.5 Å². The molecule has 2 N–H and O–H groups in total. The van der Waals surface area contributed by atoms with Gasteiger partial charge in [-0.3, -0.25) is 4.68 Å². The van der Waals surface area contributed by atoms with Crippen LogP contribution in [0.25, 0.3) is 10.8 Å². The zero-order chi connectivity index (χ0) is 14.8. The van der Waals surface area contributed by atoms with E-state index >= 15 is 0 Å². The van der Waals surface area contributed by atoms with Crippen molar-refractivity contribution in [1.29, 1.82) is 0 Å². The molecule has 0 fully saturated rings. The van der Waals surface area contributed by atoms with Crippen molar-refractivity contribution in [2.45, 2.75) is 26.4 Å². The molecular formula is C16H18N4O. The van der Waals surface area contributed by atoms with E-state index in [0.29, 0.717) is 24.2 Å². The molecule has 0 radical (unpaired) electrons. The molecule has 0 saturated carbocycles. The molecule has 3 aromatic rings. The standard InChI is InChI=1S/C16H18N4O/c1-11(2)20-10-14(9-18-20)21-16-15-6-4-3-5-12(15)7-13(8-17)19-16/h3-7,9-11H,8,17H2,1-2H3. The number of ether oxygens (including phenoxy) is 1. The Morgan fingerprint density at radius 3 is 2.81 bits per heavy atom. The highest BCUT2D eigenvalue weighted by molar-refractivity contribution is 5.87. The lowest BCUT2D eigenvalue weighted by molar-refractivity contribution is 0.463. The molecule has 2 aromatic heterocycles. The van der Waals surface area contributed by atoms with E-state index in [0.717, 1.165) is 16.5 Å². The van der Waals surface area contributed by atoms with Gasteiger partial charge in [0.25, 0.3) is 0 Å². The highest BCUT2D eigenvalue weighted by Gasteiger charge is 2.09. The van der Waals surface area contributed by atoms with Crippen LogP contribution in [-0.4, -0.2) is 14.8 Å². The van der Waals surface area contributed by atoms with Gasteiger partial charge in [0.1, 0.15) is 0 Å². The quantitative estimate of drug-likeness (QED) is 0.797. The van der Waals surface area contributed by atoms with Crippen LogP contribution >= 0.6 is 0 Å². The van der Waals surface area contributed by atoms with Crippen LogP contribution < -0.4 is 10.5 Å². The molecule has 3 rings (SSSR count). The van der Waals surface area contributed by atoms with E-state index in [4.69, 9.17) is 10.5 Å². The Morgan fingerprint density at radius 2 is 2.10 bits per heavy atom. The van der Waals surface area contributed by atoms with Crippen LogP contribution in [0.5, 0.6) is 11.6 Å². The molecule has 0 amide bonds. The van der Waals surface area contributed by atoms with Crippen molar-refractivity contribution in [3.8, 4) is 11.6 Å². The van der Waals surface area contributed by atoms with E-state index in [1.54, 1.807) is 6.20 Å². The predicted octanol–water partition coefficient (Wildman–Crippen LogP) is 3.26. The van der Waals surface area contributed by atoms with Gasteiger partial charge >= 0.3 is 0 Å². The molecule has 21 heavy (non-hydrogen) atoms. The zero-order valence-electron chi connectivity index (χ0n) is 12.2. The molecule has 0 aliphatic rings. The number of nitrogens with zero attached hydrogens (tertiary/aromatic N) is 3. The summed E-state index contributed by atoms with van der Waals surface area (Å²) in [7, 11) is 0. The van der Waals surface area contributed by atoms with Gasteiger partial charge in [0, 0.05) is 18.0 Å². The lowest BCUT2D eigenvalue weighted by Gasteiger charge is -2.08. The lowest BCUT2D eigenvalue weighted by atomic mass is 10.1. The molecule has 0 aliphatic carbocycles. The maximum Gasteiger partial charge on any atom is 0.227 e. The van der Waals surface area contributed by atoms with Crippen LogP contribution in [0.3, 0.4) is 0 Å². The first kappa shape index (κ1) is 13.6. The third-order valence-electron chi connectivity index (χ3n) is 3.29. The highest BCUT2D eigenvalue weighted by Crippen LogP contribution is 2.28. The fourth-order valence-electron chi connectivity index (χ4n) is 2.17. The largest absolute Gasteiger partial charge is 0.435 e. The third kappa shape index (κ3) is 2.73. The van der Waals surface area contributed by atoms with E-state index in [1.165, 1.54) is 0 Å². The maximum absolute atomic E-state index is 5.91. The van der Waals surface area contributed by atoms with E-state index in [9.17, 15) is 0 Å². The lowest BCUT2D eigenvalue weighted by Crippen LogP contribution is -2.01. The van der Waals surface area contributed by atoms with Gasteiger partial charge in [-0.25, -0.2) is 4.98 Å². The van der Waals surface area contributed by atoms with Crippen LogP contribution in [0, 0.1) is 0 Å². The summed E-state index contributed by atoms with van der Waals surface area (Å²) in [6, 6.07) is 10.3. The summed E-state index contributed by atoms with van der Waals surface area (Å²) in [6.07, 6.45) is 3.57. The number of pyridine rings is 1. The molecular weight excluding hydrogens is 264 g/mol. The second kappa shape index (κ2) is 5.54. The van der Waals surface area contributed by atoms with Crippen molar-refractivity contribution >= 4 is 10.8 Å². The highest BCUT2D eigenvalue weighted by atomic mass is 16.5. The summed E-state index contributed by atoms with van der Waals surface area (Å²) in [6.45, 7) is 4.52. The number of hydrogen-bond donors (Lipinski definition) is 1. The number of benzene rings is 1. The normalized spacial score (nSPS) is 11.2. The Balaban J connectivity index is 2.02. The Kier molecular flexibility index (Phi) is 3.58. The van der Waals surface area contributed by atoms with Gasteiger partial charge in [0.2, 0.25) is 5.88 Å². The number of aromatic nitrogens is 3. The Hall–Kier alpha value is -2.40. The van der Waals surface area contributed by atoms with Crippen LogP contribution in [0.4, 0.5) is 0 Å². The summed E-state index contributed by atoms with van der Waals surface area (Å²) >= 11 is 0. The molecule has 108 valence electrons. The van der Waals surface area contributed by atoms with Crippen molar-refractivity contribution in [3.05, 3.63) is 48.4 Å². The molecule has 0 saturated heterocycles. The van der Waals surface area contributed by atoms with Crippen LogP contribution in [-0.2, 0) is 6.54 Å². The molecule has 1 aromatic carbocycles. The monoisotopic (exact) mass is 282 g/mol. The minimum absolute atomic E-state index is 0.294. The van der Waals surface area contributed by atoms with Gasteiger partial charge in [-0.2, -0.15) is 5.10 Å². The van der Waals surface area contributed by atoms with Crippen molar-refractivity contribution in [3.63, 3.8) is 0 Å². The summed E-state index contributed by atoms with van der Waals surface area (Å²) in [5.41, 5.74) is 6.52. The molecule has 0 atom stereocenters. The second-order valence-electron chi connectivity index (χ2n) is 5.20. The minimum Gasteiger partial charge on any atom is -0.435 e. The average molecular weight is 282 g/mol. The van der Waals surface area contributed by atoms with Gasteiger partial charge in [0.15, 0.2) is 5.75 Å². The van der Waals surface area contributed by atoms with Crippen molar-refractivity contribution in [2.75, 3.05) is 0 Å². The van der Waals surface area contributed by atoms with Crippen molar-refractivity contribution < 1.29 is 4.74 Å². The third-order valence-corrected chi connectivity index (χ3v) is 3.29. The zero-order valence-corrected chi connectivity index (χ0v) is 12.2. The number of rotatable bonds is 4. The van der Waals surface area contributed by atoms with Gasteiger partial charge in [-0.15, -0.1) is 0 Å². The Labute approximate surface area is 123 Å². The van der Waals surface area contributed by atoms with Crippen LogP contribution in [0.15, 0.2) is 42.7 Å². The molecule has 0 unspecified atom stereocenters. The van der Waals surface area contributed by atoms with Gasteiger partial charge in [-0.1, -0.05) is 18.2 Å². The van der Waals surface area contributed by atoms with Gasteiger partial charge in [0.05, 0.1) is 18.1 Å².